The molecule has 0 bridgehead atoms. The van der Waals surface area contributed by atoms with Crippen LogP contribution in [0, 0.1) is 5.41 Å². The molecule has 0 spiro atoms. The van der Waals surface area contributed by atoms with Gasteiger partial charge >= 0.3 is 0 Å². The summed E-state index contributed by atoms with van der Waals surface area (Å²) >= 11 is 13.2. The second-order valence-electron chi connectivity index (χ2n) is 17.2. The molecular weight excluding hydrogens is 742 g/mol. The molecule has 0 N–H and O–H groups in total. The second kappa shape index (κ2) is 17.9. The molecule has 1 aliphatic rings. The highest BCUT2D eigenvalue weighted by Gasteiger charge is 2.55. The zero-order chi connectivity index (χ0) is 39.1. The van der Waals surface area contributed by atoms with Gasteiger partial charge < -0.3 is 14.1 Å². The molecule has 4 aromatic carbocycles. The van der Waals surface area contributed by atoms with Gasteiger partial charge in [-0.2, -0.15) is 0 Å². The molecule has 4 atom stereocenters. The van der Waals surface area contributed by atoms with E-state index < -0.39 is 21.8 Å². The lowest BCUT2D eigenvalue weighted by Crippen LogP contribution is -2.68. The van der Waals surface area contributed by atoms with Crippen molar-refractivity contribution in [3.63, 3.8) is 0 Å². The fourth-order valence-corrected chi connectivity index (χ4v) is 14.0. The Hall–Kier alpha value is -2.98. The first-order chi connectivity index (χ1) is 25.7. The third kappa shape index (κ3) is 9.34. The average Bonchev–Trinajstić information content (AvgIpc) is 3.13. The van der Waals surface area contributed by atoms with Gasteiger partial charge in [0.25, 0.3) is 8.32 Å². The Morgan fingerprint density at radius 2 is 1.48 bits per heavy atom. The van der Waals surface area contributed by atoms with Gasteiger partial charge in [0.05, 0.1) is 30.7 Å². The lowest BCUT2D eigenvalue weighted by molar-refractivity contribution is -0.162. The van der Waals surface area contributed by atoms with Gasteiger partial charge in [-0.25, -0.2) is 0 Å². The van der Waals surface area contributed by atoms with Crippen molar-refractivity contribution < 1.29 is 14.0 Å². The molecule has 0 saturated carbocycles. The third-order valence-corrected chi connectivity index (χ3v) is 18.3. The number of carbonyl (C=O) groups is 1. The molecule has 288 valence electrons. The first-order valence-electron chi connectivity index (χ1n) is 19.4. The lowest BCUT2D eigenvalue weighted by atomic mass is 9.66. The Morgan fingerprint density at radius 3 is 2.00 bits per heavy atom. The van der Waals surface area contributed by atoms with Crippen LogP contribution in [0.2, 0.25) is 40.8 Å². The van der Waals surface area contributed by atoms with Crippen molar-refractivity contribution in [2.24, 2.45) is 5.41 Å². The van der Waals surface area contributed by atoms with Crippen molar-refractivity contribution in [1.82, 2.24) is 4.90 Å². The molecule has 4 unspecified atom stereocenters. The zero-order valence-corrected chi connectivity index (χ0v) is 36.8. The number of ether oxygens (including phenoxy) is 1. The predicted octanol–water partition coefficient (Wildman–Crippen LogP) is 11.3. The Balaban J connectivity index is 1.68. The number of hydrogen-bond acceptors (Lipinski definition) is 3. The largest absolute Gasteiger partial charge is 0.405 e. The maximum absolute atomic E-state index is 15.7. The van der Waals surface area contributed by atoms with E-state index in [2.05, 4.69) is 144 Å². The van der Waals surface area contributed by atoms with E-state index >= 15 is 4.79 Å². The molecule has 1 fully saturated rings. The van der Waals surface area contributed by atoms with Crippen LogP contribution in [0.1, 0.15) is 70.0 Å². The highest BCUT2D eigenvalue weighted by molar-refractivity contribution is 6.99. The quantitative estimate of drug-likeness (QED) is 0.0644. The summed E-state index contributed by atoms with van der Waals surface area (Å²) < 4.78 is 14.2. The topological polar surface area (TPSA) is 38.8 Å². The van der Waals surface area contributed by atoms with Crippen LogP contribution in [-0.4, -0.2) is 53.1 Å². The smallest absolute Gasteiger partial charge is 0.261 e. The maximum Gasteiger partial charge on any atom is 0.261 e. The lowest BCUT2D eigenvalue weighted by Gasteiger charge is -2.53. The van der Waals surface area contributed by atoms with Crippen molar-refractivity contribution >= 4 is 55.9 Å². The zero-order valence-electron chi connectivity index (χ0n) is 33.3. The minimum absolute atomic E-state index is 0.0787. The van der Waals surface area contributed by atoms with Crippen LogP contribution in [0.3, 0.4) is 0 Å². The van der Waals surface area contributed by atoms with Gasteiger partial charge in [0.15, 0.2) is 0 Å². The number of piperidine rings is 1. The number of rotatable bonds is 16. The van der Waals surface area contributed by atoms with Crippen LogP contribution < -0.4 is 10.4 Å². The number of halogens is 2. The van der Waals surface area contributed by atoms with Crippen LogP contribution in [-0.2, 0) is 14.0 Å². The molecule has 1 aliphatic heterocycles. The van der Waals surface area contributed by atoms with E-state index in [4.69, 9.17) is 32.4 Å². The van der Waals surface area contributed by atoms with Gasteiger partial charge in [-0.05, 0) is 76.1 Å². The summed E-state index contributed by atoms with van der Waals surface area (Å²) in [5.74, 6) is 0.0107. The number of amides is 1. The fourth-order valence-electron chi connectivity index (χ4n) is 8.35. The van der Waals surface area contributed by atoms with Gasteiger partial charge in [0, 0.05) is 30.6 Å². The monoisotopic (exact) mass is 799 g/mol. The molecule has 4 nitrogen and oxygen atoms in total. The molecule has 0 radical (unpaired) electrons. The van der Waals surface area contributed by atoms with E-state index in [9.17, 15) is 0 Å². The highest BCUT2D eigenvalue weighted by Crippen LogP contribution is 2.53. The molecule has 5 rings (SSSR count). The Bertz CT molecular complexity index is 1790. The number of benzene rings is 4. The Morgan fingerprint density at radius 1 is 0.870 bits per heavy atom. The van der Waals surface area contributed by atoms with Crippen molar-refractivity contribution in [3.8, 4) is 0 Å². The molecule has 4 aromatic rings. The Labute approximate surface area is 337 Å². The fraction of sp³-hybridized carbons (Fsp3) is 0.413. The molecular formula is C46H59Cl2NO3Si2. The number of carbonyl (C=O) groups excluding carboxylic acids is 1. The number of hydrogen-bond donors (Lipinski definition) is 0. The maximum atomic E-state index is 15.7. The number of likely N-dealkylation sites (tertiary alicyclic amines) is 1. The molecule has 54 heavy (non-hydrogen) atoms. The molecule has 1 heterocycles. The van der Waals surface area contributed by atoms with Gasteiger partial charge in [-0.3, -0.25) is 4.79 Å². The normalized spacial score (nSPS) is 20.2. The molecule has 8 heteroatoms. The van der Waals surface area contributed by atoms with Gasteiger partial charge in [0.1, 0.15) is 0 Å². The molecule has 1 amide bonds. The Kier molecular flexibility index (Phi) is 14.0. The minimum atomic E-state index is -2.92. The van der Waals surface area contributed by atoms with E-state index in [-0.39, 0.29) is 28.9 Å². The average molecular weight is 801 g/mol. The van der Waals surface area contributed by atoms with E-state index in [1.54, 1.807) is 0 Å². The van der Waals surface area contributed by atoms with Gasteiger partial charge in [-0.1, -0.05) is 162 Å². The van der Waals surface area contributed by atoms with Crippen LogP contribution in [0.25, 0.3) is 0 Å². The van der Waals surface area contributed by atoms with Crippen LogP contribution in [0.5, 0.6) is 0 Å². The van der Waals surface area contributed by atoms with Crippen molar-refractivity contribution in [2.45, 2.75) is 95.7 Å². The molecule has 0 aliphatic carbocycles. The summed E-state index contributed by atoms with van der Waals surface area (Å²) in [6.07, 6.45) is 3.71. The third-order valence-electron chi connectivity index (χ3n) is 11.2. The van der Waals surface area contributed by atoms with Gasteiger partial charge in [0.2, 0.25) is 5.91 Å². The van der Waals surface area contributed by atoms with Crippen LogP contribution in [0.15, 0.2) is 122 Å². The minimum Gasteiger partial charge on any atom is -0.405 e. The van der Waals surface area contributed by atoms with E-state index in [1.807, 2.05) is 30.3 Å². The summed E-state index contributed by atoms with van der Waals surface area (Å²) in [7, 11) is -4.27. The number of allylic oxidation sites excluding steroid dienone is 1. The van der Waals surface area contributed by atoms with Crippen LogP contribution in [0.4, 0.5) is 0 Å². The van der Waals surface area contributed by atoms with Crippen LogP contribution >= 0.6 is 23.2 Å². The van der Waals surface area contributed by atoms with E-state index in [1.165, 1.54) is 10.4 Å². The first-order valence-corrected chi connectivity index (χ1v) is 25.8. The van der Waals surface area contributed by atoms with E-state index in [0.29, 0.717) is 49.1 Å². The molecule has 0 aromatic heterocycles. The van der Waals surface area contributed by atoms with Crippen molar-refractivity contribution in [2.75, 3.05) is 19.8 Å². The standard InChI is InChI=1S/C46H59Cl2NO3Si2/c1-9-28-46(34-51-29-30-53(6,7)8)32-42(36-18-17-19-38(48)31-36)43(35-24-26-37(47)27-25-35)49(44(46)50)39(10-2)33-52-54(45(3,4)5,40-20-13-11-14-21-40)41-22-15-12-16-23-41/h9,11-27,31,39,42-43H,1,10,28-30,32-34H2,2-8H3. The summed E-state index contributed by atoms with van der Waals surface area (Å²) in [5.41, 5.74) is 1.31. The van der Waals surface area contributed by atoms with E-state index in [0.717, 1.165) is 17.2 Å². The molecule has 1 saturated heterocycles. The SMILES string of the molecule is C=CCC1(COCC[Si](C)(C)C)CC(c2cccc(Cl)c2)C(c2ccc(Cl)cc2)N(C(CC)CO[Si](c2ccccc2)(c2ccccc2)C(C)(C)C)C1=O. The second-order valence-corrected chi connectivity index (χ2v) is 28.0. The number of nitrogens with zero attached hydrogens (tertiary/aromatic N) is 1. The summed E-state index contributed by atoms with van der Waals surface area (Å²) in [6, 6.07) is 38.1. The van der Waals surface area contributed by atoms with Crippen molar-refractivity contribution in [3.05, 3.63) is 143 Å². The summed E-state index contributed by atoms with van der Waals surface area (Å²) in [4.78, 5) is 17.9. The predicted molar refractivity (Wildman–Crippen MR) is 234 cm³/mol. The highest BCUT2D eigenvalue weighted by atomic mass is 35.5. The summed E-state index contributed by atoms with van der Waals surface area (Å²) in [5, 5.41) is 3.55. The summed E-state index contributed by atoms with van der Waals surface area (Å²) in [6.45, 7) is 21.6. The van der Waals surface area contributed by atoms with Gasteiger partial charge in [-0.15, -0.1) is 6.58 Å². The first kappa shape index (κ1) is 42.2. The van der Waals surface area contributed by atoms with Crippen molar-refractivity contribution in [1.29, 1.82) is 0 Å².